The van der Waals surface area contributed by atoms with E-state index in [-0.39, 0.29) is 26.4 Å². The summed E-state index contributed by atoms with van der Waals surface area (Å²) in [5.41, 5.74) is -2.06. The molecule has 11 heteroatoms. The summed E-state index contributed by atoms with van der Waals surface area (Å²) in [5.74, 6) is -2.98. The molecule has 11 nitrogen and oxygen atoms in total. The minimum absolute atomic E-state index is 0.317. The van der Waals surface area contributed by atoms with Crippen molar-refractivity contribution in [1.29, 1.82) is 0 Å². The summed E-state index contributed by atoms with van der Waals surface area (Å²) in [6.45, 7) is 9.84. The van der Waals surface area contributed by atoms with Crippen LogP contribution in [0.2, 0.25) is 0 Å². The maximum atomic E-state index is 12.0. The number of hydrogen-bond acceptors (Lipinski definition) is 11. The Bertz CT molecular complexity index is 771. The van der Waals surface area contributed by atoms with E-state index >= 15 is 0 Å². The number of esters is 4. The largest absolute Gasteiger partial charge is 0.462 e. The molecule has 0 rings (SSSR count). The maximum Gasteiger partial charge on any atom is 0.330 e. The van der Waals surface area contributed by atoms with Gasteiger partial charge in [-0.3, -0.25) is 0 Å². The Balaban J connectivity index is 5.60. The third-order valence-corrected chi connectivity index (χ3v) is 4.48. The summed E-state index contributed by atoms with van der Waals surface area (Å²) < 4.78 is 25.9. The molecule has 0 spiro atoms. The van der Waals surface area contributed by atoms with Gasteiger partial charge in [0, 0.05) is 24.3 Å². The van der Waals surface area contributed by atoms with E-state index in [1.165, 1.54) is 6.08 Å². The van der Waals surface area contributed by atoms with Crippen LogP contribution in [0.5, 0.6) is 0 Å². The van der Waals surface area contributed by atoms with Crippen molar-refractivity contribution in [3.05, 3.63) is 49.6 Å². The second-order valence-corrected chi connectivity index (χ2v) is 8.07. The number of carbonyl (C=O) groups excluding carboxylic acids is 4. The SMILES string of the molecule is C=CC(=O)OCC(CO)(COCC(CO)(COC(=O)C=C)COC(=O)C=C(C)C)COC(=O)C=C. The van der Waals surface area contributed by atoms with Crippen LogP contribution in [0.1, 0.15) is 13.8 Å². The molecule has 0 aromatic rings. The second-order valence-electron chi connectivity index (χ2n) is 8.07. The third kappa shape index (κ3) is 12.7. The van der Waals surface area contributed by atoms with Crippen molar-refractivity contribution >= 4 is 23.9 Å². The van der Waals surface area contributed by atoms with E-state index in [9.17, 15) is 29.4 Å². The Morgan fingerprint density at radius 3 is 1.20 bits per heavy atom. The lowest BCUT2D eigenvalue weighted by molar-refractivity contribution is -0.162. The molecular formula is C24H34O11. The summed E-state index contributed by atoms with van der Waals surface area (Å²) in [4.78, 5) is 46.6. The molecule has 0 saturated carbocycles. The molecule has 196 valence electrons. The smallest absolute Gasteiger partial charge is 0.330 e. The fourth-order valence-corrected chi connectivity index (χ4v) is 2.36. The monoisotopic (exact) mass is 498 g/mol. The first kappa shape index (κ1) is 31.7. The summed E-state index contributed by atoms with van der Waals surface area (Å²) in [6.07, 6.45) is 4.02. The lowest BCUT2D eigenvalue weighted by Gasteiger charge is -2.34. The predicted molar refractivity (Wildman–Crippen MR) is 124 cm³/mol. The first-order chi connectivity index (χ1) is 16.5. The first-order valence-electron chi connectivity index (χ1n) is 10.5. The Morgan fingerprint density at radius 2 is 0.943 bits per heavy atom. The summed E-state index contributed by atoms with van der Waals surface area (Å²) in [7, 11) is 0. The summed E-state index contributed by atoms with van der Waals surface area (Å²) in [6, 6.07) is 0. The summed E-state index contributed by atoms with van der Waals surface area (Å²) >= 11 is 0. The molecule has 0 fully saturated rings. The molecular weight excluding hydrogens is 464 g/mol. The van der Waals surface area contributed by atoms with Crippen molar-refractivity contribution in [3.8, 4) is 0 Å². The minimum Gasteiger partial charge on any atom is -0.462 e. The predicted octanol–water partition coefficient (Wildman–Crippen LogP) is 0.657. The molecule has 0 aliphatic rings. The normalized spacial score (nSPS) is 12.3. The average molecular weight is 499 g/mol. The van der Waals surface area contributed by atoms with Gasteiger partial charge in [-0.05, 0) is 13.8 Å². The number of aliphatic hydroxyl groups is 2. The highest BCUT2D eigenvalue weighted by molar-refractivity contribution is 5.83. The lowest BCUT2D eigenvalue weighted by atomic mass is 9.90. The zero-order valence-corrected chi connectivity index (χ0v) is 20.2. The van der Waals surface area contributed by atoms with Crippen molar-refractivity contribution in [1.82, 2.24) is 0 Å². The number of carbonyl (C=O) groups is 4. The van der Waals surface area contributed by atoms with Gasteiger partial charge in [-0.25, -0.2) is 19.2 Å². The molecule has 35 heavy (non-hydrogen) atoms. The van der Waals surface area contributed by atoms with Gasteiger partial charge in [0.15, 0.2) is 0 Å². The van der Waals surface area contributed by atoms with Crippen LogP contribution < -0.4 is 0 Å². The van der Waals surface area contributed by atoms with E-state index in [0.717, 1.165) is 18.2 Å². The molecule has 0 saturated heterocycles. The van der Waals surface area contributed by atoms with Gasteiger partial charge in [-0.2, -0.15) is 0 Å². The lowest BCUT2D eigenvalue weighted by Crippen LogP contribution is -2.45. The zero-order valence-electron chi connectivity index (χ0n) is 20.2. The Hall–Kier alpha value is -3.28. The molecule has 0 bridgehead atoms. The van der Waals surface area contributed by atoms with Crippen LogP contribution in [0.25, 0.3) is 0 Å². The molecule has 1 atom stereocenters. The van der Waals surface area contributed by atoms with Gasteiger partial charge in [-0.15, -0.1) is 0 Å². The standard InChI is InChI=1S/C24H34O11/c1-6-19(27)32-14-23(10-25,15-33-20(28)7-2)12-31-13-24(11-26,16-34-21(29)8-3)17-35-22(30)9-18(4)5/h6-9,25-26H,1-3,10-17H2,4-5H3. The molecule has 1 unspecified atom stereocenters. The van der Waals surface area contributed by atoms with Gasteiger partial charge in [0.2, 0.25) is 0 Å². The molecule has 0 aromatic heterocycles. The topological polar surface area (TPSA) is 155 Å². The van der Waals surface area contributed by atoms with Crippen LogP contribution in [0.4, 0.5) is 0 Å². The zero-order chi connectivity index (χ0) is 26.9. The van der Waals surface area contributed by atoms with Crippen LogP contribution in [-0.4, -0.2) is 86.9 Å². The highest BCUT2D eigenvalue weighted by atomic mass is 16.6. The molecule has 0 heterocycles. The van der Waals surface area contributed by atoms with Crippen LogP contribution in [0.15, 0.2) is 49.6 Å². The third-order valence-electron chi connectivity index (χ3n) is 4.48. The van der Waals surface area contributed by atoms with Crippen LogP contribution in [0.3, 0.4) is 0 Å². The molecule has 0 aliphatic heterocycles. The molecule has 0 aliphatic carbocycles. The highest BCUT2D eigenvalue weighted by Crippen LogP contribution is 2.24. The van der Waals surface area contributed by atoms with E-state index in [1.54, 1.807) is 13.8 Å². The van der Waals surface area contributed by atoms with Crippen LogP contribution in [-0.2, 0) is 42.9 Å². The Labute approximate surface area is 204 Å². The van der Waals surface area contributed by atoms with Crippen molar-refractivity contribution < 1.29 is 53.1 Å². The van der Waals surface area contributed by atoms with Crippen LogP contribution in [0, 0.1) is 10.8 Å². The van der Waals surface area contributed by atoms with Crippen molar-refractivity contribution in [2.24, 2.45) is 10.8 Å². The fraction of sp³-hybridized carbons (Fsp3) is 0.500. The second kappa shape index (κ2) is 16.4. The van der Waals surface area contributed by atoms with Gasteiger partial charge in [0.1, 0.15) is 26.4 Å². The highest BCUT2D eigenvalue weighted by Gasteiger charge is 2.38. The van der Waals surface area contributed by atoms with Gasteiger partial charge >= 0.3 is 23.9 Å². The van der Waals surface area contributed by atoms with Gasteiger partial charge in [-0.1, -0.05) is 25.3 Å². The van der Waals surface area contributed by atoms with Gasteiger partial charge < -0.3 is 33.9 Å². The molecule has 0 radical (unpaired) electrons. The van der Waals surface area contributed by atoms with Crippen molar-refractivity contribution in [2.75, 3.05) is 52.9 Å². The van der Waals surface area contributed by atoms with E-state index in [1.807, 2.05) is 0 Å². The van der Waals surface area contributed by atoms with E-state index in [2.05, 4.69) is 19.7 Å². The number of hydrogen-bond donors (Lipinski definition) is 2. The number of allylic oxidation sites excluding steroid dienone is 1. The first-order valence-corrected chi connectivity index (χ1v) is 10.5. The molecule has 0 aromatic carbocycles. The fourth-order valence-electron chi connectivity index (χ4n) is 2.36. The quantitative estimate of drug-likeness (QED) is 0.155. The van der Waals surface area contributed by atoms with Crippen molar-refractivity contribution in [3.63, 3.8) is 0 Å². The van der Waals surface area contributed by atoms with Gasteiger partial charge in [0.05, 0.1) is 37.3 Å². The Kier molecular flexibility index (Phi) is 14.8. The molecule has 2 N–H and O–H groups in total. The summed E-state index contributed by atoms with van der Waals surface area (Å²) in [5, 5.41) is 20.0. The maximum absolute atomic E-state index is 12.0. The van der Waals surface area contributed by atoms with E-state index in [0.29, 0.717) is 5.57 Å². The van der Waals surface area contributed by atoms with Crippen LogP contribution >= 0.6 is 0 Å². The van der Waals surface area contributed by atoms with E-state index < -0.39 is 61.1 Å². The molecule has 0 amide bonds. The van der Waals surface area contributed by atoms with E-state index in [4.69, 9.17) is 23.7 Å². The number of rotatable bonds is 18. The Morgan fingerprint density at radius 1 is 0.629 bits per heavy atom. The minimum atomic E-state index is -1.38. The number of ether oxygens (including phenoxy) is 5. The van der Waals surface area contributed by atoms with Gasteiger partial charge in [0.25, 0.3) is 0 Å². The average Bonchev–Trinajstić information content (AvgIpc) is 2.85. The number of aliphatic hydroxyl groups excluding tert-OH is 2. The van der Waals surface area contributed by atoms with Crippen molar-refractivity contribution in [2.45, 2.75) is 13.8 Å².